The predicted molar refractivity (Wildman–Crippen MR) is 142 cm³/mol. The number of ether oxygens (including phenoxy) is 3. The van der Waals surface area contributed by atoms with Crippen molar-refractivity contribution in [2.75, 3.05) is 14.2 Å². The van der Waals surface area contributed by atoms with Gasteiger partial charge in [-0.2, -0.15) is 0 Å². The van der Waals surface area contributed by atoms with Crippen molar-refractivity contribution < 1.29 is 33.4 Å². The summed E-state index contributed by atoms with van der Waals surface area (Å²) in [4.78, 5) is 53.4. The number of aryl methyl sites for hydroxylation is 2. The van der Waals surface area contributed by atoms with E-state index in [4.69, 9.17) is 14.2 Å². The van der Waals surface area contributed by atoms with Crippen LogP contribution in [0.4, 0.5) is 0 Å². The standard InChI is InChI=1S/C30H35NO7/c1-18-8-12-20(13-9-18)16-17-30(28(35)37-7)23(25(32)27(34)36-6)22(21-14-10-19(2)11-15-21)24(31-30)26(33)38-29(3,4)5/h8-17,22-24,31H,1-7H3/b17-16+/t22-,23+,24-,30+/m1/s1. The number of esters is 3. The van der Waals surface area contributed by atoms with Gasteiger partial charge in [0.25, 0.3) is 0 Å². The maximum absolute atomic E-state index is 13.7. The van der Waals surface area contributed by atoms with Crippen LogP contribution in [0.15, 0.2) is 54.6 Å². The fraction of sp³-hybridized carbons (Fsp3) is 0.400. The molecule has 1 heterocycles. The number of Topliss-reactive ketones (excluding diaryl/α,β-unsaturated/α-hetero) is 1. The van der Waals surface area contributed by atoms with Crippen LogP contribution in [0, 0.1) is 19.8 Å². The Kier molecular flexibility index (Phi) is 8.57. The van der Waals surface area contributed by atoms with Gasteiger partial charge < -0.3 is 14.2 Å². The van der Waals surface area contributed by atoms with Gasteiger partial charge in [0.2, 0.25) is 5.78 Å². The van der Waals surface area contributed by atoms with Gasteiger partial charge in [0.15, 0.2) is 0 Å². The number of carbonyl (C=O) groups is 4. The van der Waals surface area contributed by atoms with Crippen LogP contribution in [-0.4, -0.2) is 55.1 Å². The second-order valence-electron chi connectivity index (χ2n) is 10.5. The van der Waals surface area contributed by atoms with Gasteiger partial charge in [-0.3, -0.25) is 14.9 Å². The first-order chi connectivity index (χ1) is 17.8. The third-order valence-electron chi connectivity index (χ3n) is 6.53. The number of carbonyl (C=O) groups excluding carboxylic acids is 4. The van der Waals surface area contributed by atoms with Crippen LogP contribution in [0.5, 0.6) is 0 Å². The number of hydrogen-bond donors (Lipinski definition) is 1. The van der Waals surface area contributed by atoms with Gasteiger partial charge in [-0.25, -0.2) is 9.59 Å². The quantitative estimate of drug-likeness (QED) is 0.334. The summed E-state index contributed by atoms with van der Waals surface area (Å²) in [5.74, 6) is -5.90. The van der Waals surface area contributed by atoms with Crippen LogP contribution in [0.3, 0.4) is 0 Å². The lowest BCUT2D eigenvalue weighted by Crippen LogP contribution is -2.56. The van der Waals surface area contributed by atoms with Crippen molar-refractivity contribution in [1.29, 1.82) is 0 Å². The highest BCUT2D eigenvalue weighted by molar-refractivity contribution is 6.36. The van der Waals surface area contributed by atoms with E-state index >= 15 is 0 Å². The van der Waals surface area contributed by atoms with E-state index < -0.39 is 52.7 Å². The SMILES string of the molecule is COC(=O)C(=O)[C@@H]1[C@@H](c2ccc(C)cc2)[C@H](C(=O)OC(C)(C)C)N[C@]1(/C=C/c1ccc(C)cc1)C(=O)OC. The molecule has 0 amide bonds. The highest BCUT2D eigenvalue weighted by Gasteiger charge is 2.64. The molecule has 8 heteroatoms. The summed E-state index contributed by atoms with van der Waals surface area (Å²) in [6.07, 6.45) is 3.14. The zero-order valence-electron chi connectivity index (χ0n) is 22.9. The first-order valence-electron chi connectivity index (χ1n) is 12.4. The van der Waals surface area contributed by atoms with Crippen LogP contribution in [0.25, 0.3) is 6.08 Å². The Labute approximate surface area is 223 Å². The molecule has 202 valence electrons. The third kappa shape index (κ3) is 6.02. The highest BCUT2D eigenvalue weighted by Crippen LogP contribution is 2.45. The average Bonchev–Trinajstić information content (AvgIpc) is 3.23. The Morgan fingerprint density at radius 2 is 1.42 bits per heavy atom. The lowest BCUT2D eigenvalue weighted by Gasteiger charge is -2.30. The summed E-state index contributed by atoms with van der Waals surface area (Å²) in [6.45, 7) is 9.03. The third-order valence-corrected chi connectivity index (χ3v) is 6.53. The summed E-state index contributed by atoms with van der Waals surface area (Å²) < 4.78 is 15.6. The predicted octanol–water partition coefficient (Wildman–Crippen LogP) is 3.68. The molecule has 0 aliphatic carbocycles. The van der Waals surface area contributed by atoms with Crippen LogP contribution < -0.4 is 5.32 Å². The van der Waals surface area contributed by atoms with E-state index in [-0.39, 0.29) is 0 Å². The zero-order chi connectivity index (χ0) is 28.3. The van der Waals surface area contributed by atoms with Crippen molar-refractivity contribution in [3.63, 3.8) is 0 Å². The Morgan fingerprint density at radius 3 is 1.92 bits per heavy atom. The fourth-order valence-electron chi connectivity index (χ4n) is 4.73. The summed E-state index contributed by atoms with van der Waals surface area (Å²) in [5, 5.41) is 3.07. The van der Waals surface area contributed by atoms with E-state index in [1.807, 2.05) is 50.2 Å². The lowest BCUT2D eigenvalue weighted by atomic mass is 9.72. The largest absolute Gasteiger partial charge is 0.467 e. The van der Waals surface area contributed by atoms with Crippen molar-refractivity contribution >= 4 is 29.8 Å². The molecule has 4 atom stereocenters. The molecule has 1 saturated heterocycles. The number of hydrogen-bond acceptors (Lipinski definition) is 8. The summed E-state index contributed by atoms with van der Waals surface area (Å²) in [7, 11) is 2.28. The van der Waals surface area contributed by atoms with E-state index in [2.05, 4.69) is 5.32 Å². The van der Waals surface area contributed by atoms with E-state index in [1.54, 1.807) is 39.0 Å². The number of rotatable bonds is 7. The smallest absolute Gasteiger partial charge is 0.374 e. The van der Waals surface area contributed by atoms with Crippen molar-refractivity contribution in [3.8, 4) is 0 Å². The number of methoxy groups -OCH3 is 2. The minimum atomic E-state index is -1.87. The van der Waals surface area contributed by atoms with Crippen LogP contribution >= 0.6 is 0 Å². The molecular weight excluding hydrogens is 486 g/mol. The Hall–Kier alpha value is -3.78. The molecule has 2 aromatic rings. The first kappa shape index (κ1) is 28.8. The van der Waals surface area contributed by atoms with E-state index in [9.17, 15) is 19.2 Å². The molecule has 2 aromatic carbocycles. The molecule has 0 bridgehead atoms. The van der Waals surface area contributed by atoms with Crippen molar-refractivity contribution in [1.82, 2.24) is 5.32 Å². The van der Waals surface area contributed by atoms with Crippen molar-refractivity contribution in [3.05, 3.63) is 76.9 Å². The number of ketones is 1. The molecule has 3 rings (SSSR count). The fourth-order valence-corrected chi connectivity index (χ4v) is 4.73. The molecule has 1 fully saturated rings. The highest BCUT2D eigenvalue weighted by atomic mass is 16.6. The van der Waals surface area contributed by atoms with E-state index in [0.29, 0.717) is 5.56 Å². The number of nitrogens with one attached hydrogen (secondary N) is 1. The Balaban J connectivity index is 2.28. The second kappa shape index (κ2) is 11.3. The molecule has 0 saturated carbocycles. The topological polar surface area (TPSA) is 108 Å². The minimum Gasteiger partial charge on any atom is -0.467 e. The van der Waals surface area contributed by atoms with Gasteiger partial charge >= 0.3 is 17.9 Å². The van der Waals surface area contributed by atoms with Crippen LogP contribution in [-0.2, 0) is 33.4 Å². The molecular formula is C30H35NO7. The molecule has 0 unspecified atom stereocenters. The maximum atomic E-state index is 13.7. The minimum absolute atomic E-state index is 0.579. The van der Waals surface area contributed by atoms with Crippen molar-refractivity contribution in [2.45, 2.75) is 57.7 Å². The molecule has 8 nitrogen and oxygen atoms in total. The normalized spacial score (nSPS) is 23.2. The van der Waals surface area contributed by atoms with Crippen LogP contribution in [0.2, 0.25) is 0 Å². The van der Waals surface area contributed by atoms with Gasteiger partial charge in [0.05, 0.1) is 20.1 Å². The van der Waals surface area contributed by atoms with Crippen LogP contribution in [0.1, 0.15) is 48.9 Å². The van der Waals surface area contributed by atoms with E-state index in [0.717, 1.165) is 23.8 Å². The van der Waals surface area contributed by atoms with E-state index in [1.165, 1.54) is 13.2 Å². The molecule has 38 heavy (non-hydrogen) atoms. The van der Waals surface area contributed by atoms with Gasteiger partial charge in [-0.05, 0) is 45.7 Å². The molecule has 0 radical (unpaired) electrons. The molecule has 0 spiro atoms. The molecule has 0 aromatic heterocycles. The number of benzene rings is 2. The zero-order valence-corrected chi connectivity index (χ0v) is 22.9. The lowest BCUT2D eigenvalue weighted by molar-refractivity contribution is -0.158. The molecule has 1 aliphatic heterocycles. The monoisotopic (exact) mass is 521 g/mol. The van der Waals surface area contributed by atoms with Crippen molar-refractivity contribution in [2.24, 2.45) is 5.92 Å². The summed E-state index contributed by atoms with van der Waals surface area (Å²) >= 11 is 0. The summed E-state index contributed by atoms with van der Waals surface area (Å²) in [5.41, 5.74) is 0.623. The molecule has 1 aliphatic rings. The second-order valence-corrected chi connectivity index (χ2v) is 10.5. The van der Waals surface area contributed by atoms with Gasteiger partial charge in [0.1, 0.15) is 17.2 Å². The van der Waals surface area contributed by atoms with Gasteiger partial charge in [0, 0.05) is 5.92 Å². The maximum Gasteiger partial charge on any atom is 0.374 e. The van der Waals surface area contributed by atoms with Gasteiger partial charge in [-0.15, -0.1) is 0 Å². The Bertz CT molecular complexity index is 1220. The van der Waals surface area contributed by atoms with Gasteiger partial charge in [-0.1, -0.05) is 71.8 Å². The first-order valence-corrected chi connectivity index (χ1v) is 12.4. The molecule has 1 N–H and O–H groups in total. The summed E-state index contributed by atoms with van der Waals surface area (Å²) in [6, 6.07) is 13.6. The average molecular weight is 522 g/mol. The Morgan fingerprint density at radius 1 is 0.868 bits per heavy atom.